The molecule has 3 rings (SSSR count). The van der Waals surface area contributed by atoms with E-state index in [0.717, 1.165) is 18.4 Å². The van der Waals surface area contributed by atoms with Crippen molar-refractivity contribution in [3.8, 4) is 0 Å². The third-order valence-electron chi connectivity index (χ3n) is 4.56. The molecule has 0 unspecified atom stereocenters. The largest absolute Gasteiger partial charge is 0.459 e. The fraction of sp³-hybridized carbons (Fsp3) is 0.368. The number of amides is 1. The molecule has 1 fully saturated rings. The maximum Gasteiger partial charge on any atom is 0.287 e. The number of guanidine groups is 1. The van der Waals surface area contributed by atoms with Crippen molar-refractivity contribution in [2.24, 2.45) is 4.99 Å². The van der Waals surface area contributed by atoms with Crippen LogP contribution >= 0.6 is 24.0 Å². The predicted octanol–water partition coefficient (Wildman–Crippen LogP) is 2.66. The van der Waals surface area contributed by atoms with E-state index < -0.39 is 0 Å². The van der Waals surface area contributed by atoms with Gasteiger partial charge in [-0.25, -0.2) is 4.39 Å². The van der Waals surface area contributed by atoms with Gasteiger partial charge in [0.1, 0.15) is 5.82 Å². The van der Waals surface area contributed by atoms with Crippen LogP contribution in [0.2, 0.25) is 0 Å². The SMILES string of the molecule is CN=C(NCCNC(=O)c1ccco1)NCC1(c2cccc(F)c2)CC1.I. The molecule has 1 heterocycles. The summed E-state index contributed by atoms with van der Waals surface area (Å²) < 4.78 is 18.5. The van der Waals surface area contributed by atoms with E-state index in [9.17, 15) is 9.18 Å². The second kappa shape index (κ2) is 9.72. The number of furan rings is 1. The maximum atomic E-state index is 13.5. The van der Waals surface area contributed by atoms with E-state index in [-0.39, 0.29) is 41.1 Å². The molecule has 1 aromatic heterocycles. The smallest absolute Gasteiger partial charge is 0.287 e. The average molecular weight is 486 g/mol. The Hall–Kier alpha value is -2.10. The van der Waals surface area contributed by atoms with E-state index in [1.807, 2.05) is 6.07 Å². The predicted molar refractivity (Wildman–Crippen MR) is 113 cm³/mol. The van der Waals surface area contributed by atoms with Crippen LogP contribution in [0.4, 0.5) is 4.39 Å². The van der Waals surface area contributed by atoms with Crippen molar-refractivity contribution in [2.45, 2.75) is 18.3 Å². The molecule has 1 saturated carbocycles. The number of rotatable bonds is 7. The van der Waals surface area contributed by atoms with E-state index in [1.165, 1.54) is 12.3 Å². The van der Waals surface area contributed by atoms with Crippen LogP contribution < -0.4 is 16.0 Å². The monoisotopic (exact) mass is 486 g/mol. The Kier molecular flexibility index (Phi) is 7.64. The Balaban J connectivity index is 0.00000261. The molecule has 0 atom stereocenters. The van der Waals surface area contributed by atoms with Gasteiger partial charge in [-0.1, -0.05) is 12.1 Å². The summed E-state index contributed by atoms with van der Waals surface area (Å²) in [6, 6.07) is 10.1. The van der Waals surface area contributed by atoms with E-state index in [0.29, 0.717) is 31.4 Å². The molecule has 0 saturated heterocycles. The highest BCUT2D eigenvalue weighted by Crippen LogP contribution is 2.47. The van der Waals surface area contributed by atoms with Gasteiger partial charge in [0.25, 0.3) is 5.91 Å². The van der Waals surface area contributed by atoms with E-state index >= 15 is 0 Å². The molecule has 0 aliphatic heterocycles. The Morgan fingerprint density at radius 1 is 1.19 bits per heavy atom. The molecule has 3 N–H and O–H groups in total. The molecule has 6 nitrogen and oxygen atoms in total. The molecule has 8 heteroatoms. The second-order valence-electron chi connectivity index (χ2n) is 6.38. The number of aliphatic imine (C=N–C) groups is 1. The molecule has 1 aliphatic rings. The number of hydrogen-bond donors (Lipinski definition) is 3. The fourth-order valence-corrected chi connectivity index (χ4v) is 2.86. The standard InChI is InChI=1S/C19H23FN4O2.HI/c1-21-18(23-10-9-22-17(25)16-6-3-11-26-16)24-13-19(7-8-19)14-4-2-5-15(20)12-14;/h2-6,11-12H,7-10,13H2,1H3,(H,22,25)(H2,21,23,24);1H. The van der Waals surface area contributed by atoms with Gasteiger partial charge in [-0.05, 0) is 42.7 Å². The minimum Gasteiger partial charge on any atom is -0.459 e. The van der Waals surface area contributed by atoms with Gasteiger partial charge in [0, 0.05) is 32.1 Å². The topological polar surface area (TPSA) is 78.7 Å². The maximum absolute atomic E-state index is 13.5. The van der Waals surface area contributed by atoms with Gasteiger partial charge in [0.2, 0.25) is 0 Å². The summed E-state index contributed by atoms with van der Waals surface area (Å²) in [5.74, 6) is 0.490. The van der Waals surface area contributed by atoms with E-state index in [2.05, 4.69) is 20.9 Å². The van der Waals surface area contributed by atoms with Crippen molar-refractivity contribution < 1.29 is 13.6 Å². The molecular weight excluding hydrogens is 462 g/mol. The van der Waals surface area contributed by atoms with Crippen molar-refractivity contribution >= 4 is 35.8 Å². The minimum absolute atomic E-state index is 0. The number of carbonyl (C=O) groups is 1. The average Bonchev–Trinajstić information content (AvgIpc) is 3.24. The van der Waals surface area contributed by atoms with Gasteiger partial charge in [-0.15, -0.1) is 24.0 Å². The van der Waals surface area contributed by atoms with Gasteiger partial charge in [0.05, 0.1) is 6.26 Å². The Morgan fingerprint density at radius 3 is 2.59 bits per heavy atom. The highest BCUT2D eigenvalue weighted by molar-refractivity contribution is 14.0. The summed E-state index contributed by atoms with van der Waals surface area (Å²) in [6.45, 7) is 1.66. The third kappa shape index (κ3) is 5.69. The van der Waals surface area contributed by atoms with Gasteiger partial charge >= 0.3 is 0 Å². The van der Waals surface area contributed by atoms with Gasteiger partial charge in [-0.3, -0.25) is 9.79 Å². The number of benzene rings is 1. The lowest BCUT2D eigenvalue weighted by Gasteiger charge is -2.19. The summed E-state index contributed by atoms with van der Waals surface area (Å²) in [5, 5.41) is 9.21. The van der Waals surface area contributed by atoms with Crippen LogP contribution in [0.5, 0.6) is 0 Å². The van der Waals surface area contributed by atoms with Crippen LogP contribution in [0, 0.1) is 5.82 Å². The fourth-order valence-electron chi connectivity index (χ4n) is 2.86. The number of hydrogen-bond acceptors (Lipinski definition) is 3. The van der Waals surface area contributed by atoms with E-state index in [4.69, 9.17) is 4.42 Å². The van der Waals surface area contributed by atoms with Crippen LogP contribution in [-0.4, -0.2) is 38.5 Å². The Morgan fingerprint density at radius 2 is 1.96 bits per heavy atom. The first-order chi connectivity index (χ1) is 12.6. The van der Waals surface area contributed by atoms with Gasteiger partial charge in [-0.2, -0.15) is 0 Å². The lowest BCUT2D eigenvalue weighted by molar-refractivity contribution is 0.0926. The van der Waals surface area contributed by atoms with Crippen LogP contribution in [0.25, 0.3) is 0 Å². The van der Waals surface area contributed by atoms with Crippen molar-refractivity contribution in [1.82, 2.24) is 16.0 Å². The zero-order valence-electron chi connectivity index (χ0n) is 15.1. The van der Waals surface area contributed by atoms with E-state index in [1.54, 1.807) is 31.3 Å². The van der Waals surface area contributed by atoms with Crippen molar-refractivity contribution in [2.75, 3.05) is 26.7 Å². The summed E-state index contributed by atoms with van der Waals surface area (Å²) in [7, 11) is 1.69. The van der Waals surface area contributed by atoms with Crippen LogP contribution in [0.1, 0.15) is 29.0 Å². The minimum atomic E-state index is -0.247. The van der Waals surface area contributed by atoms with Crippen LogP contribution in [-0.2, 0) is 5.41 Å². The first-order valence-electron chi connectivity index (χ1n) is 8.65. The quantitative estimate of drug-likeness (QED) is 0.244. The number of nitrogens with zero attached hydrogens (tertiary/aromatic N) is 1. The zero-order chi connectivity index (χ0) is 18.4. The Bertz CT molecular complexity index is 776. The highest BCUT2D eigenvalue weighted by Gasteiger charge is 2.44. The Labute approximate surface area is 175 Å². The van der Waals surface area contributed by atoms with Crippen molar-refractivity contribution in [3.63, 3.8) is 0 Å². The molecule has 1 aromatic carbocycles. The van der Waals surface area contributed by atoms with Crippen molar-refractivity contribution in [1.29, 1.82) is 0 Å². The lowest BCUT2D eigenvalue weighted by atomic mass is 9.96. The third-order valence-corrected chi connectivity index (χ3v) is 4.56. The molecule has 1 aliphatic carbocycles. The van der Waals surface area contributed by atoms with Crippen LogP contribution in [0.3, 0.4) is 0 Å². The summed E-state index contributed by atoms with van der Waals surface area (Å²) in [5.41, 5.74) is 0.999. The lowest BCUT2D eigenvalue weighted by Crippen LogP contribution is -2.44. The first kappa shape index (κ1) is 21.2. The molecule has 0 bridgehead atoms. The molecule has 1 amide bonds. The molecule has 27 heavy (non-hydrogen) atoms. The van der Waals surface area contributed by atoms with Gasteiger partial charge in [0.15, 0.2) is 11.7 Å². The van der Waals surface area contributed by atoms with Gasteiger partial charge < -0.3 is 20.4 Å². The molecule has 0 spiro atoms. The van der Waals surface area contributed by atoms with Crippen molar-refractivity contribution in [3.05, 3.63) is 59.8 Å². The molecular formula is C19H24FIN4O2. The first-order valence-corrected chi connectivity index (χ1v) is 8.65. The summed E-state index contributed by atoms with van der Waals surface area (Å²) in [4.78, 5) is 15.9. The highest BCUT2D eigenvalue weighted by atomic mass is 127. The molecule has 0 radical (unpaired) electrons. The zero-order valence-corrected chi connectivity index (χ0v) is 17.5. The van der Waals surface area contributed by atoms with Crippen LogP contribution in [0.15, 0.2) is 52.1 Å². The summed E-state index contributed by atoms with van der Waals surface area (Å²) >= 11 is 0. The summed E-state index contributed by atoms with van der Waals surface area (Å²) in [6.07, 6.45) is 3.52. The number of nitrogens with one attached hydrogen (secondary N) is 3. The second-order valence-corrected chi connectivity index (χ2v) is 6.38. The number of halogens is 2. The molecule has 146 valence electrons. The molecule has 2 aromatic rings. The normalized spacial score (nSPS) is 14.8. The number of carbonyl (C=O) groups excluding carboxylic acids is 1.